The predicted octanol–water partition coefficient (Wildman–Crippen LogP) is 5.75. The van der Waals surface area contributed by atoms with E-state index in [2.05, 4.69) is 106 Å². The number of hydrogen-bond acceptors (Lipinski definition) is 5. The first kappa shape index (κ1) is 23.6. The van der Waals surface area contributed by atoms with Crippen molar-refractivity contribution in [3.8, 4) is 0 Å². The molecule has 2 spiro atoms. The van der Waals surface area contributed by atoms with E-state index in [4.69, 9.17) is 14.3 Å². The van der Waals surface area contributed by atoms with Crippen LogP contribution in [0.2, 0.25) is 0 Å². The number of hydrogen-bond donors (Lipinski definition) is 1. The lowest BCUT2D eigenvalue weighted by Gasteiger charge is -2.40. The number of ether oxygens (including phenoxy) is 2. The molecule has 35 heavy (non-hydrogen) atoms. The van der Waals surface area contributed by atoms with Crippen molar-refractivity contribution in [2.45, 2.75) is 101 Å². The Morgan fingerprint density at radius 1 is 0.857 bits per heavy atom. The average Bonchev–Trinajstić information content (AvgIpc) is 3.34. The van der Waals surface area contributed by atoms with Gasteiger partial charge in [-0.1, -0.05) is 79.9 Å². The van der Waals surface area contributed by atoms with Crippen molar-refractivity contribution in [3.05, 3.63) is 71.8 Å². The van der Waals surface area contributed by atoms with E-state index < -0.39 is 17.1 Å². The predicted molar refractivity (Wildman–Crippen MR) is 136 cm³/mol. The maximum absolute atomic E-state index is 7.29. The molecule has 0 radical (unpaired) electrons. The van der Waals surface area contributed by atoms with Gasteiger partial charge in [0.25, 0.3) is 5.91 Å². The molecule has 1 aliphatic carbocycles. The van der Waals surface area contributed by atoms with Gasteiger partial charge < -0.3 is 9.47 Å². The smallest absolute Gasteiger partial charge is 0.281 e. The Labute approximate surface area is 210 Å². The van der Waals surface area contributed by atoms with Crippen molar-refractivity contribution < 1.29 is 14.3 Å². The molecule has 4 fully saturated rings. The second kappa shape index (κ2) is 7.87. The van der Waals surface area contributed by atoms with Gasteiger partial charge in [-0.2, -0.15) is 5.06 Å². The van der Waals surface area contributed by atoms with E-state index in [9.17, 15) is 0 Å². The van der Waals surface area contributed by atoms with Crippen molar-refractivity contribution in [2.75, 3.05) is 6.61 Å². The summed E-state index contributed by atoms with van der Waals surface area (Å²) in [5.41, 5.74) is 0.447. The van der Waals surface area contributed by atoms with Crippen LogP contribution in [-0.2, 0) is 19.9 Å². The van der Waals surface area contributed by atoms with Gasteiger partial charge in [0, 0.05) is 11.1 Å². The number of nitrogens with one attached hydrogen (secondary N) is 1. The van der Waals surface area contributed by atoms with Gasteiger partial charge in [0.15, 0.2) is 11.2 Å². The van der Waals surface area contributed by atoms with Crippen molar-refractivity contribution in [1.82, 2.24) is 10.4 Å². The highest BCUT2D eigenvalue weighted by Gasteiger charge is 2.91. The summed E-state index contributed by atoms with van der Waals surface area (Å²) in [6.45, 7) is 11.7. The first-order chi connectivity index (χ1) is 16.7. The van der Waals surface area contributed by atoms with E-state index in [0.717, 1.165) is 11.1 Å². The maximum Gasteiger partial charge on any atom is 0.281 e. The summed E-state index contributed by atoms with van der Waals surface area (Å²) >= 11 is 0. The molecule has 6 rings (SSSR count). The Balaban J connectivity index is 1.61. The molecule has 2 aromatic rings. The van der Waals surface area contributed by atoms with Crippen LogP contribution >= 0.6 is 0 Å². The summed E-state index contributed by atoms with van der Waals surface area (Å²) in [7, 11) is 0. The summed E-state index contributed by atoms with van der Waals surface area (Å²) < 4.78 is 14.0. The summed E-state index contributed by atoms with van der Waals surface area (Å²) in [5, 5.41) is 6.05. The Hall–Kier alpha value is -1.76. The van der Waals surface area contributed by atoms with Crippen LogP contribution < -0.4 is 5.32 Å². The summed E-state index contributed by atoms with van der Waals surface area (Å²) in [6.07, 6.45) is 6.19. The zero-order chi connectivity index (χ0) is 24.5. The second-order valence-corrected chi connectivity index (χ2v) is 12.6. The van der Waals surface area contributed by atoms with E-state index in [1.807, 2.05) is 0 Å². The highest BCUT2D eigenvalue weighted by molar-refractivity contribution is 5.51. The lowest BCUT2D eigenvalue weighted by Crippen LogP contribution is -2.62. The molecule has 188 valence electrons. The van der Waals surface area contributed by atoms with E-state index in [1.165, 1.54) is 32.1 Å². The standard InChI is InChI=1S/C30H40N2O3/c1-26(2,3)32-25(22-15-9-6-10-16-22)29(30(35-32)31-27(4,5)21-33-30)28(34-29,23-17-11-7-12-18-23)24-19-13-8-14-20-24/h7-8,11-14,17-20,22,25,31H,6,9-10,15-16,21H2,1-5H3/t25-,29+,30+/m0/s1. The zero-order valence-electron chi connectivity index (χ0n) is 21.8. The SMILES string of the molecule is CC1(C)CO[C@@]2(N1)ON(C(C)(C)C)[C@@H](C1CCCCC1)[C@]21OC1(c1ccccc1)c1ccccc1. The molecule has 5 nitrogen and oxygen atoms in total. The normalized spacial score (nSPS) is 34.6. The Bertz CT molecular complexity index is 1020. The van der Waals surface area contributed by atoms with Crippen LogP contribution in [0.3, 0.4) is 0 Å². The number of fused-ring (bicyclic) bond motifs is 1. The molecule has 0 amide bonds. The van der Waals surface area contributed by atoms with Crippen LogP contribution in [0.15, 0.2) is 60.7 Å². The van der Waals surface area contributed by atoms with E-state index in [1.54, 1.807) is 0 Å². The molecule has 3 heterocycles. The molecule has 1 N–H and O–H groups in total. The van der Waals surface area contributed by atoms with Gasteiger partial charge in [0.2, 0.25) is 0 Å². The Morgan fingerprint density at radius 3 is 1.91 bits per heavy atom. The fourth-order valence-electron chi connectivity index (χ4n) is 7.04. The number of benzene rings is 2. The number of rotatable bonds is 3. The molecule has 3 atom stereocenters. The van der Waals surface area contributed by atoms with Gasteiger partial charge in [-0.25, -0.2) is 4.84 Å². The molecular formula is C30H40N2O3. The van der Waals surface area contributed by atoms with Gasteiger partial charge >= 0.3 is 0 Å². The third-order valence-corrected chi connectivity index (χ3v) is 8.44. The lowest BCUT2D eigenvalue weighted by atomic mass is 9.68. The van der Waals surface area contributed by atoms with Gasteiger partial charge in [-0.15, -0.1) is 0 Å². The monoisotopic (exact) mass is 476 g/mol. The Kier molecular flexibility index (Phi) is 5.31. The Morgan fingerprint density at radius 2 is 1.43 bits per heavy atom. The third-order valence-electron chi connectivity index (χ3n) is 8.44. The summed E-state index contributed by atoms with van der Waals surface area (Å²) in [6, 6.07) is 21.5. The van der Waals surface area contributed by atoms with Crippen LogP contribution in [0.5, 0.6) is 0 Å². The molecule has 5 heteroatoms. The van der Waals surface area contributed by atoms with Crippen LogP contribution in [0.4, 0.5) is 0 Å². The number of hydroxylamine groups is 2. The van der Waals surface area contributed by atoms with Crippen LogP contribution in [0.25, 0.3) is 0 Å². The second-order valence-electron chi connectivity index (χ2n) is 12.6. The first-order valence-electron chi connectivity index (χ1n) is 13.4. The minimum Gasteiger partial charge on any atom is -0.343 e. The average molecular weight is 477 g/mol. The van der Waals surface area contributed by atoms with E-state index in [-0.39, 0.29) is 17.1 Å². The molecule has 0 bridgehead atoms. The summed E-state index contributed by atoms with van der Waals surface area (Å²) in [5.74, 6) is -0.608. The van der Waals surface area contributed by atoms with Gasteiger partial charge in [-0.05, 0) is 64.5 Å². The molecule has 4 aliphatic rings. The minimum atomic E-state index is -1.07. The third kappa shape index (κ3) is 3.32. The largest absolute Gasteiger partial charge is 0.343 e. The van der Waals surface area contributed by atoms with Crippen molar-refractivity contribution in [3.63, 3.8) is 0 Å². The molecule has 1 saturated carbocycles. The van der Waals surface area contributed by atoms with Gasteiger partial charge in [-0.3, -0.25) is 5.32 Å². The van der Waals surface area contributed by atoms with Crippen molar-refractivity contribution >= 4 is 0 Å². The van der Waals surface area contributed by atoms with Crippen LogP contribution in [0.1, 0.15) is 77.8 Å². The van der Waals surface area contributed by atoms with Crippen LogP contribution in [0, 0.1) is 5.92 Å². The molecule has 3 aliphatic heterocycles. The quantitative estimate of drug-likeness (QED) is 0.572. The van der Waals surface area contributed by atoms with Crippen molar-refractivity contribution in [2.24, 2.45) is 5.92 Å². The van der Waals surface area contributed by atoms with Gasteiger partial charge in [0.1, 0.15) is 0 Å². The minimum absolute atomic E-state index is 0.0459. The van der Waals surface area contributed by atoms with Gasteiger partial charge in [0.05, 0.1) is 12.6 Å². The highest BCUT2D eigenvalue weighted by atomic mass is 16.9. The molecule has 2 aromatic carbocycles. The molecule has 3 saturated heterocycles. The lowest BCUT2D eigenvalue weighted by molar-refractivity contribution is -0.330. The van der Waals surface area contributed by atoms with E-state index in [0.29, 0.717) is 12.5 Å². The first-order valence-corrected chi connectivity index (χ1v) is 13.4. The van der Waals surface area contributed by atoms with Crippen molar-refractivity contribution in [1.29, 1.82) is 0 Å². The molecule has 0 unspecified atom stereocenters. The summed E-state index contributed by atoms with van der Waals surface area (Å²) in [4.78, 5) is 7.03. The zero-order valence-corrected chi connectivity index (χ0v) is 21.8. The number of epoxide rings is 1. The number of nitrogens with zero attached hydrogens (tertiary/aromatic N) is 1. The van der Waals surface area contributed by atoms with Crippen LogP contribution in [-0.4, -0.2) is 40.3 Å². The fourth-order valence-corrected chi connectivity index (χ4v) is 7.04. The topological polar surface area (TPSA) is 46.3 Å². The molecule has 0 aromatic heterocycles. The highest BCUT2D eigenvalue weighted by Crippen LogP contribution is 2.73. The maximum atomic E-state index is 7.29. The van der Waals surface area contributed by atoms with E-state index >= 15 is 0 Å². The fraction of sp³-hybridized carbons (Fsp3) is 0.600. The molecular weight excluding hydrogens is 436 g/mol.